The van der Waals surface area contributed by atoms with Crippen LogP contribution in [0.5, 0.6) is 0 Å². The molecule has 2 amide bonds. The predicted octanol–water partition coefficient (Wildman–Crippen LogP) is -0.742. The van der Waals surface area contributed by atoms with Gasteiger partial charge in [-0.05, 0) is 6.92 Å². The molecule has 1 aromatic heterocycles. The summed E-state index contributed by atoms with van der Waals surface area (Å²) in [6.45, 7) is 2.70. The number of carbonyl (C=O) groups excluding carboxylic acids is 2. The summed E-state index contributed by atoms with van der Waals surface area (Å²) >= 11 is 0. The number of nitrogens with two attached hydrogens (primary N) is 1. The summed E-state index contributed by atoms with van der Waals surface area (Å²) in [5.41, 5.74) is 6.23. The van der Waals surface area contributed by atoms with Crippen LogP contribution in [0.2, 0.25) is 0 Å². The van der Waals surface area contributed by atoms with Crippen molar-refractivity contribution in [3.8, 4) is 0 Å². The molecule has 7 nitrogen and oxygen atoms in total. The van der Waals surface area contributed by atoms with Crippen LogP contribution in [0.15, 0.2) is 6.20 Å². The molecular weight excluding hydrogens is 222 g/mol. The standard InChI is InChI=1S/C10H17N5O2/c1-3-12-8(16)4-5-13-10(17)9-7(11)6-14-15(9)2/h6H,3-5,11H2,1-2H3,(H,12,16)(H,13,17). The van der Waals surface area contributed by atoms with E-state index in [4.69, 9.17) is 5.73 Å². The van der Waals surface area contributed by atoms with Gasteiger partial charge in [0.15, 0.2) is 0 Å². The zero-order valence-electron chi connectivity index (χ0n) is 9.99. The number of anilines is 1. The van der Waals surface area contributed by atoms with Gasteiger partial charge in [-0.1, -0.05) is 0 Å². The van der Waals surface area contributed by atoms with Crippen LogP contribution in [0.3, 0.4) is 0 Å². The van der Waals surface area contributed by atoms with Crippen LogP contribution in [0.25, 0.3) is 0 Å². The lowest BCUT2D eigenvalue weighted by atomic mass is 10.3. The fourth-order valence-corrected chi connectivity index (χ4v) is 1.39. The number of rotatable bonds is 5. The third kappa shape index (κ3) is 3.47. The monoisotopic (exact) mass is 239 g/mol. The Morgan fingerprint density at radius 2 is 2.18 bits per heavy atom. The second-order valence-electron chi connectivity index (χ2n) is 3.53. The molecule has 0 fully saturated rings. The Balaban J connectivity index is 2.43. The number of amides is 2. The van der Waals surface area contributed by atoms with E-state index in [9.17, 15) is 9.59 Å². The molecule has 0 bridgehead atoms. The molecule has 17 heavy (non-hydrogen) atoms. The lowest BCUT2D eigenvalue weighted by Gasteiger charge is -2.06. The molecule has 0 spiro atoms. The van der Waals surface area contributed by atoms with Crippen molar-refractivity contribution in [3.05, 3.63) is 11.9 Å². The van der Waals surface area contributed by atoms with Gasteiger partial charge >= 0.3 is 0 Å². The first-order chi connectivity index (χ1) is 8.06. The van der Waals surface area contributed by atoms with E-state index in [1.807, 2.05) is 6.92 Å². The average molecular weight is 239 g/mol. The fourth-order valence-electron chi connectivity index (χ4n) is 1.39. The maximum atomic E-state index is 11.7. The van der Waals surface area contributed by atoms with Crippen molar-refractivity contribution in [2.75, 3.05) is 18.8 Å². The van der Waals surface area contributed by atoms with Gasteiger partial charge in [0.2, 0.25) is 5.91 Å². The second-order valence-corrected chi connectivity index (χ2v) is 3.53. The molecule has 94 valence electrons. The number of hydrogen-bond donors (Lipinski definition) is 3. The van der Waals surface area contributed by atoms with Gasteiger partial charge in [-0.3, -0.25) is 14.3 Å². The highest BCUT2D eigenvalue weighted by molar-refractivity contribution is 5.97. The number of nitrogens with one attached hydrogen (secondary N) is 2. The molecule has 0 aliphatic rings. The molecule has 4 N–H and O–H groups in total. The number of aryl methyl sites for hydroxylation is 1. The molecule has 0 aliphatic heterocycles. The van der Waals surface area contributed by atoms with Gasteiger partial charge in [0, 0.05) is 26.6 Å². The van der Waals surface area contributed by atoms with E-state index in [1.165, 1.54) is 10.9 Å². The van der Waals surface area contributed by atoms with Crippen molar-refractivity contribution in [1.29, 1.82) is 0 Å². The van der Waals surface area contributed by atoms with Crippen molar-refractivity contribution in [2.24, 2.45) is 7.05 Å². The summed E-state index contributed by atoms with van der Waals surface area (Å²) in [4.78, 5) is 22.8. The second kappa shape index (κ2) is 5.88. The van der Waals surface area contributed by atoms with E-state index in [0.29, 0.717) is 17.9 Å². The number of hydrogen-bond acceptors (Lipinski definition) is 4. The Bertz CT molecular complexity index is 393. The normalized spacial score (nSPS) is 10.0. The van der Waals surface area contributed by atoms with Gasteiger partial charge in [-0.2, -0.15) is 5.10 Å². The summed E-state index contributed by atoms with van der Waals surface area (Å²) in [6.07, 6.45) is 1.66. The van der Waals surface area contributed by atoms with Crippen molar-refractivity contribution in [3.63, 3.8) is 0 Å². The van der Waals surface area contributed by atoms with Crippen molar-refractivity contribution in [1.82, 2.24) is 20.4 Å². The Hall–Kier alpha value is -2.05. The zero-order valence-corrected chi connectivity index (χ0v) is 9.99. The summed E-state index contributed by atoms with van der Waals surface area (Å²) in [7, 11) is 1.63. The van der Waals surface area contributed by atoms with E-state index >= 15 is 0 Å². The van der Waals surface area contributed by atoms with Crippen LogP contribution >= 0.6 is 0 Å². The molecule has 0 radical (unpaired) electrons. The van der Waals surface area contributed by atoms with E-state index in [2.05, 4.69) is 15.7 Å². The number of nitrogens with zero attached hydrogens (tertiary/aromatic N) is 2. The van der Waals surface area contributed by atoms with Crippen LogP contribution in [-0.4, -0.2) is 34.7 Å². The molecule has 1 heterocycles. The molecular formula is C10H17N5O2. The van der Waals surface area contributed by atoms with E-state index < -0.39 is 0 Å². The van der Waals surface area contributed by atoms with Crippen molar-refractivity contribution < 1.29 is 9.59 Å². The van der Waals surface area contributed by atoms with Gasteiger partial charge in [0.05, 0.1) is 11.9 Å². The Morgan fingerprint density at radius 1 is 1.47 bits per heavy atom. The van der Waals surface area contributed by atoms with Crippen molar-refractivity contribution in [2.45, 2.75) is 13.3 Å². The maximum absolute atomic E-state index is 11.7. The van der Waals surface area contributed by atoms with Gasteiger partial charge in [0.25, 0.3) is 5.91 Å². The Morgan fingerprint density at radius 3 is 2.71 bits per heavy atom. The van der Waals surface area contributed by atoms with Gasteiger partial charge < -0.3 is 16.4 Å². The van der Waals surface area contributed by atoms with E-state index in [0.717, 1.165) is 0 Å². The highest BCUT2D eigenvalue weighted by Gasteiger charge is 2.14. The lowest BCUT2D eigenvalue weighted by Crippen LogP contribution is -2.31. The molecule has 7 heteroatoms. The van der Waals surface area contributed by atoms with Crippen LogP contribution in [0.1, 0.15) is 23.8 Å². The molecule has 1 rings (SSSR count). The molecule has 0 saturated carbocycles. The first kappa shape index (κ1) is 13.0. The van der Waals surface area contributed by atoms with Crippen LogP contribution in [0.4, 0.5) is 5.69 Å². The third-order valence-corrected chi connectivity index (χ3v) is 2.19. The Kier molecular flexibility index (Phi) is 4.50. The van der Waals surface area contributed by atoms with Gasteiger partial charge in [0.1, 0.15) is 5.69 Å². The molecule has 0 aromatic carbocycles. The van der Waals surface area contributed by atoms with E-state index in [-0.39, 0.29) is 24.8 Å². The first-order valence-electron chi connectivity index (χ1n) is 5.38. The molecule has 0 aliphatic carbocycles. The minimum Gasteiger partial charge on any atom is -0.396 e. The average Bonchev–Trinajstić information content (AvgIpc) is 2.59. The van der Waals surface area contributed by atoms with Crippen LogP contribution in [-0.2, 0) is 11.8 Å². The minimum absolute atomic E-state index is 0.0919. The topological polar surface area (TPSA) is 102 Å². The fraction of sp³-hybridized carbons (Fsp3) is 0.500. The summed E-state index contributed by atoms with van der Waals surface area (Å²) < 4.78 is 1.40. The van der Waals surface area contributed by atoms with Crippen LogP contribution in [0, 0.1) is 0 Å². The quantitative estimate of drug-likeness (QED) is 0.629. The molecule has 0 unspecified atom stereocenters. The zero-order chi connectivity index (χ0) is 12.8. The molecule has 0 saturated heterocycles. The van der Waals surface area contributed by atoms with Gasteiger partial charge in [-0.25, -0.2) is 0 Å². The van der Waals surface area contributed by atoms with E-state index in [1.54, 1.807) is 7.05 Å². The largest absolute Gasteiger partial charge is 0.396 e. The number of carbonyl (C=O) groups is 2. The molecule has 1 aromatic rings. The molecule has 0 atom stereocenters. The first-order valence-corrected chi connectivity index (χ1v) is 5.38. The smallest absolute Gasteiger partial charge is 0.271 e. The number of aromatic nitrogens is 2. The number of nitrogen functional groups attached to an aromatic ring is 1. The Labute approximate surface area is 99.4 Å². The predicted molar refractivity (Wildman–Crippen MR) is 63.3 cm³/mol. The van der Waals surface area contributed by atoms with Gasteiger partial charge in [-0.15, -0.1) is 0 Å². The highest BCUT2D eigenvalue weighted by Crippen LogP contribution is 2.08. The van der Waals surface area contributed by atoms with Crippen LogP contribution < -0.4 is 16.4 Å². The minimum atomic E-state index is -0.327. The summed E-state index contributed by atoms with van der Waals surface area (Å²) in [6, 6.07) is 0. The lowest BCUT2D eigenvalue weighted by molar-refractivity contribution is -0.120. The summed E-state index contributed by atoms with van der Waals surface area (Å²) in [5.74, 6) is -0.419. The summed E-state index contributed by atoms with van der Waals surface area (Å²) in [5, 5.41) is 9.12. The third-order valence-electron chi connectivity index (χ3n) is 2.19. The highest BCUT2D eigenvalue weighted by atomic mass is 16.2. The maximum Gasteiger partial charge on any atom is 0.271 e. The SMILES string of the molecule is CCNC(=O)CCNC(=O)c1c(N)cnn1C. The van der Waals surface area contributed by atoms with Crippen molar-refractivity contribution >= 4 is 17.5 Å².